The van der Waals surface area contributed by atoms with Gasteiger partial charge in [-0.25, -0.2) is 4.39 Å². The van der Waals surface area contributed by atoms with E-state index in [-0.39, 0.29) is 16.6 Å². The first-order valence-corrected chi connectivity index (χ1v) is 7.36. The number of pyridine rings is 1. The van der Waals surface area contributed by atoms with Crippen LogP contribution in [0.25, 0.3) is 0 Å². The van der Waals surface area contributed by atoms with Crippen molar-refractivity contribution < 1.29 is 9.18 Å². The van der Waals surface area contributed by atoms with E-state index in [4.69, 9.17) is 11.6 Å². The molecule has 0 aliphatic heterocycles. The minimum atomic E-state index is -0.457. The molecule has 0 aliphatic carbocycles. The zero-order valence-corrected chi connectivity index (χ0v) is 13.3. The third kappa shape index (κ3) is 3.89. The lowest BCUT2D eigenvalue weighted by atomic mass is 10.2. The summed E-state index contributed by atoms with van der Waals surface area (Å²) in [5.74, 6) is -0.634. The van der Waals surface area contributed by atoms with Gasteiger partial charge < -0.3 is 5.32 Å². The average Bonchev–Trinajstić information content (AvgIpc) is 2.41. The average molecular weight is 405 g/mol. The Bertz CT molecular complexity index is 636. The van der Waals surface area contributed by atoms with Crippen molar-refractivity contribution in [2.75, 3.05) is 6.54 Å². The van der Waals surface area contributed by atoms with Gasteiger partial charge in [0.1, 0.15) is 5.82 Å². The van der Waals surface area contributed by atoms with Gasteiger partial charge in [0, 0.05) is 22.7 Å². The van der Waals surface area contributed by atoms with E-state index in [0.29, 0.717) is 18.5 Å². The Hall–Kier alpha value is -1.21. The zero-order chi connectivity index (χ0) is 14.5. The zero-order valence-electron chi connectivity index (χ0n) is 10.4. The second kappa shape index (κ2) is 6.99. The fourth-order valence-corrected chi connectivity index (χ4v) is 2.44. The second-order valence-corrected chi connectivity index (χ2v) is 5.67. The second-order valence-electron chi connectivity index (χ2n) is 4.07. The number of rotatable bonds is 4. The number of hydrogen-bond donors (Lipinski definition) is 1. The lowest BCUT2D eigenvalue weighted by Gasteiger charge is -2.07. The van der Waals surface area contributed by atoms with E-state index in [1.165, 1.54) is 12.3 Å². The van der Waals surface area contributed by atoms with Gasteiger partial charge in [-0.3, -0.25) is 9.78 Å². The minimum Gasteiger partial charge on any atom is -0.352 e. The third-order valence-corrected chi connectivity index (χ3v) is 3.80. The smallest absolute Gasteiger partial charge is 0.252 e. The molecule has 1 amide bonds. The van der Waals surface area contributed by atoms with E-state index in [2.05, 4.69) is 32.9 Å². The van der Waals surface area contributed by atoms with Crippen LogP contribution >= 0.6 is 34.2 Å². The molecule has 2 rings (SSSR count). The molecular formula is C14H11ClFIN2O. The molecule has 2 aromatic rings. The predicted octanol–water partition coefficient (Wildman–Crippen LogP) is 3.45. The van der Waals surface area contributed by atoms with Crippen molar-refractivity contribution >= 4 is 40.1 Å². The fraction of sp³-hybridized carbons (Fsp3) is 0.143. The summed E-state index contributed by atoms with van der Waals surface area (Å²) in [7, 11) is 0. The normalized spacial score (nSPS) is 10.3. The summed E-state index contributed by atoms with van der Waals surface area (Å²) in [6.07, 6.45) is 1.71. The molecule has 104 valence electrons. The van der Waals surface area contributed by atoms with Crippen LogP contribution in [-0.4, -0.2) is 17.4 Å². The Kier molecular flexibility index (Phi) is 5.31. The van der Waals surface area contributed by atoms with Crippen molar-refractivity contribution in [3.63, 3.8) is 0 Å². The number of carbonyl (C=O) groups is 1. The summed E-state index contributed by atoms with van der Waals surface area (Å²) in [6, 6.07) is 8.49. The third-order valence-electron chi connectivity index (χ3n) is 2.65. The van der Waals surface area contributed by atoms with E-state index < -0.39 is 5.82 Å². The lowest BCUT2D eigenvalue weighted by Crippen LogP contribution is -2.26. The van der Waals surface area contributed by atoms with Gasteiger partial charge in [0.05, 0.1) is 16.3 Å². The molecule has 0 fully saturated rings. The number of carbonyl (C=O) groups excluding carboxylic acids is 1. The van der Waals surface area contributed by atoms with Crippen LogP contribution in [0.5, 0.6) is 0 Å². The highest BCUT2D eigenvalue weighted by atomic mass is 127. The lowest BCUT2D eigenvalue weighted by molar-refractivity contribution is 0.0953. The Morgan fingerprint density at radius 2 is 2.15 bits per heavy atom. The van der Waals surface area contributed by atoms with Gasteiger partial charge in [-0.05, 0) is 40.8 Å². The largest absolute Gasteiger partial charge is 0.352 e. The summed E-state index contributed by atoms with van der Waals surface area (Å²) < 4.78 is 14.4. The number of benzene rings is 1. The van der Waals surface area contributed by atoms with Gasteiger partial charge in [0.25, 0.3) is 5.91 Å². The first-order valence-electron chi connectivity index (χ1n) is 5.90. The molecule has 0 atom stereocenters. The number of nitrogens with one attached hydrogen (secondary N) is 1. The standard InChI is InChI=1S/C14H11ClFIN2O/c15-9-7-11(16)13(19-8-9)5-6-18-14(20)10-3-1-2-4-12(10)17/h1-4,7-8H,5-6H2,(H,18,20). The quantitative estimate of drug-likeness (QED) is 0.793. The SMILES string of the molecule is O=C(NCCc1ncc(Cl)cc1F)c1ccccc1I. The van der Waals surface area contributed by atoms with Gasteiger partial charge >= 0.3 is 0 Å². The van der Waals surface area contributed by atoms with Crippen molar-refractivity contribution in [3.8, 4) is 0 Å². The summed E-state index contributed by atoms with van der Waals surface area (Å²) >= 11 is 7.73. The van der Waals surface area contributed by atoms with Crippen LogP contribution in [-0.2, 0) is 6.42 Å². The van der Waals surface area contributed by atoms with Crippen LogP contribution in [0.15, 0.2) is 36.5 Å². The summed E-state index contributed by atoms with van der Waals surface area (Å²) in [4.78, 5) is 15.8. The summed E-state index contributed by atoms with van der Waals surface area (Å²) in [5, 5.41) is 3.01. The van der Waals surface area contributed by atoms with Crippen LogP contribution in [0.4, 0.5) is 4.39 Å². The fourth-order valence-electron chi connectivity index (χ4n) is 1.66. The Morgan fingerprint density at radius 1 is 1.40 bits per heavy atom. The van der Waals surface area contributed by atoms with E-state index in [1.807, 2.05) is 12.1 Å². The molecule has 0 unspecified atom stereocenters. The summed E-state index contributed by atoms with van der Waals surface area (Å²) in [6.45, 7) is 0.315. The molecule has 1 aromatic carbocycles. The first kappa shape index (κ1) is 15.2. The monoisotopic (exact) mass is 404 g/mol. The van der Waals surface area contributed by atoms with Gasteiger partial charge in [-0.1, -0.05) is 23.7 Å². The van der Waals surface area contributed by atoms with Crippen LogP contribution in [0.1, 0.15) is 16.1 Å². The maximum Gasteiger partial charge on any atom is 0.252 e. The van der Waals surface area contributed by atoms with Crippen LogP contribution in [0.2, 0.25) is 5.02 Å². The molecule has 6 heteroatoms. The van der Waals surface area contributed by atoms with E-state index in [9.17, 15) is 9.18 Å². The highest BCUT2D eigenvalue weighted by molar-refractivity contribution is 14.1. The van der Waals surface area contributed by atoms with Crippen LogP contribution in [0, 0.1) is 9.39 Å². The maximum absolute atomic E-state index is 13.5. The molecule has 0 saturated heterocycles. The predicted molar refractivity (Wildman–Crippen MR) is 84.4 cm³/mol. The molecule has 1 aromatic heterocycles. The molecule has 0 spiro atoms. The molecule has 0 bridgehead atoms. The van der Waals surface area contributed by atoms with E-state index in [0.717, 1.165) is 3.57 Å². The van der Waals surface area contributed by atoms with Crippen molar-refractivity contribution in [2.45, 2.75) is 6.42 Å². The van der Waals surface area contributed by atoms with Gasteiger partial charge in [0.15, 0.2) is 0 Å². The highest BCUT2D eigenvalue weighted by Gasteiger charge is 2.09. The number of aromatic nitrogens is 1. The van der Waals surface area contributed by atoms with Gasteiger partial charge in [-0.2, -0.15) is 0 Å². The van der Waals surface area contributed by atoms with E-state index in [1.54, 1.807) is 12.1 Å². The van der Waals surface area contributed by atoms with Gasteiger partial charge in [0.2, 0.25) is 0 Å². The van der Waals surface area contributed by atoms with Gasteiger partial charge in [-0.15, -0.1) is 0 Å². The van der Waals surface area contributed by atoms with Crippen molar-refractivity contribution in [1.82, 2.24) is 10.3 Å². The molecule has 0 saturated carbocycles. The summed E-state index contributed by atoms with van der Waals surface area (Å²) in [5.41, 5.74) is 0.898. The first-order chi connectivity index (χ1) is 9.58. The molecule has 0 radical (unpaired) electrons. The Morgan fingerprint density at radius 3 is 2.85 bits per heavy atom. The Balaban J connectivity index is 1.93. The number of amides is 1. The molecule has 0 aliphatic rings. The maximum atomic E-state index is 13.5. The highest BCUT2D eigenvalue weighted by Crippen LogP contribution is 2.13. The number of halogens is 3. The van der Waals surface area contributed by atoms with Crippen LogP contribution < -0.4 is 5.32 Å². The van der Waals surface area contributed by atoms with Crippen molar-refractivity contribution in [1.29, 1.82) is 0 Å². The van der Waals surface area contributed by atoms with Crippen molar-refractivity contribution in [2.24, 2.45) is 0 Å². The minimum absolute atomic E-state index is 0.177. The number of hydrogen-bond acceptors (Lipinski definition) is 2. The molecule has 3 nitrogen and oxygen atoms in total. The van der Waals surface area contributed by atoms with Crippen LogP contribution in [0.3, 0.4) is 0 Å². The topological polar surface area (TPSA) is 42.0 Å². The Labute approximate surface area is 134 Å². The van der Waals surface area contributed by atoms with E-state index >= 15 is 0 Å². The molecule has 20 heavy (non-hydrogen) atoms. The molecule has 1 N–H and O–H groups in total. The molecule has 1 heterocycles. The van der Waals surface area contributed by atoms with Crippen molar-refractivity contribution in [3.05, 3.63) is 62.2 Å². The molecular weight excluding hydrogens is 394 g/mol. The number of nitrogens with zero attached hydrogens (tertiary/aromatic N) is 1.